The third kappa shape index (κ3) is 1.26. The van der Waals surface area contributed by atoms with Crippen LogP contribution in [0, 0.1) is 0 Å². The molecule has 0 aliphatic carbocycles. The van der Waals surface area contributed by atoms with Crippen LogP contribution in [0.5, 0.6) is 0 Å². The second-order valence-electron chi connectivity index (χ2n) is 2.27. The number of nitrogens with two attached hydrogens (primary N) is 1. The Morgan fingerprint density at radius 1 is 1.50 bits per heavy atom. The maximum Gasteiger partial charge on any atom is 0.155 e. The zero-order valence-electron chi connectivity index (χ0n) is 6.32. The Morgan fingerprint density at radius 2 is 2.33 bits per heavy atom. The Balaban J connectivity index is 0.000000720. The molecule has 12 heavy (non-hydrogen) atoms. The van der Waals surface area contributed by atoms with Gasteiger partial charge in [0, 0.05) is 18.1 Å². The Kier molecular flexibility index (Phi) is 2.62. The number of nitrogens with zero attached hydrogens (tertiary/aromatic N) is 2. The third-order valence-electron chi connectivity index (χ3n) is 1.61. The predicted molar refractivity (Wildman–Crippen MR) is 49.0 cm³/mol. The second-order valence-corrected chi connectivity index (χ2v) is 2.27. The molecule has 5 heteroatoms. The van der Waals surface area contributed by atoms with Crippen LogP contribution in [0.2, 0.25) is 0 Å². The minimum absolute atomic E-state index is 0. The van der Waals surface area contributed by atoms with Crippen molar-refractivity contribution in [3.05, 3.63) is 24.0 Å². The van der Waals surface area contributed by atoms with Crippen molar-refractivity contribution in [1.29, 1.82) is 0 Å². The Hall–Kier alpha value is -1.13. The van der Waals surface area contributed by atoms with Crippen molar-refractivity contribution in [2.24, 2.45) is 5.73 Å². The molecule has 0 aromatic carbocycles. The highest BCUT2D eigenvalue weighted by molar-refractivity contribution is 5.85. The van der Waals surface area contributed by atoms with E-state index in [-0.39, 0.29) is 12.4 Å². The first-order valence-electron chi connectivity index (χ1n) is 3.40. The van der Waals surface area contributed by atoms with Gasteiger partial charge in [0.25, 0.3) is 0 Å². The first-order valence-corrected chi connectivity index (χ1v) is 3.40. The number of hydrogen-bond donors (Lipinski definition) is 2. The molecular formula is C7H9ClN4. The van der Waals surface area contributed by atoms with Crippen LogP contribution in [0.15, 0.2) is 18.3 Å². The summed E-state index contributed by atoms with van der Waals surface area (Å²) in [7, 11) is 0. The molecule has 0 spiro atoms. The third-order valence-corrected chi connectivity index (χ3v) is 1.61. The first-order chi connectivity index (χ1) is 5.42. The molecule has 0 amide bonds. The summed E-state index contributed by atoms with van der Waals surface area (Å²) >= 11 is 0. The lowest BCUT2D eigenvalue weighted by Crippen LogP contribution is -1.96. The van der Waals surface area contributed by atoms with Gasteiger partial charge < -0.3 is 5.73 Å². The lowest BCUT2D eigenvalue weighted by Gasteiger charge is -1.87. The number of pyridine rings is 1. The molecule has 2 aromatic heterocycles. The number of nitrogens with one attached hydrogen (secondary N) is 1. The van der Waals surface area contributed by atoms with Crippen LogP contribution >= 0.6 is 12.4 Å². The van der Waals surface area contributed by atoms with Crippen molar-refractivity contribution in [3.63, 3.8) is 0 Å². The molecule has 0 unspecified atom stereocenters. The van der Waals surface area contributed by atoms with Crippen molar-refractivity contribution in [1.82, 2.24) is 15.2 Å². The number of hydrogen-bond acceptors (Lipinski definition) is 3. The lowest BCUT2D eigenvalue weighted by atomic mass is 10.3. The monoisotopic (exact) mass is 184 g/mol. The molecule has 0 saturated heterocycles. The van der Waals surface area contributed by atoms with E-state index >= 15 is 0 Å². The van der Waals surface area contributed by atoms with Crippen LogP contribution in [-0.2, 0) is 6.54 Å². The van der Waals surface area contributed by atoms with Gasteiger partial charge in [-0.25, -0.2) is 4.98 Å². The van der Waals surface area contributed by atoms with Gasteiger partial charge in [-0.2, -0.15) is 5.10 Å². The maximum atomic E-state index is 5.45. The van der Waals surface area contributed by atoms with Crippen molar-refractivity contribution >= 4 is 23.4 Å². The second kappa shape index (κ2) is 3.51. The number of halogens is 1. The zero-order valence-corrected chi connectivity index (χ0v) is 7.14. The van der Waals surface area contributed by atoms with E-state index in [9.17, 15) is 0 Å². The van der Waals surface area contributed by atoms with Crippen molar-refractivity contribution < 1.29 is 0 Å². The van der Waals surface area contributed by atoms with Crippen molar-refractivity contribution in [2.75, 3.05) is 0 Å². The molecule has 0 saturated carbocycles. The van der Waals surface area contributed by atoms with E-state index in [1.165, 1.54) is 0 Å². The standard InChI is InChI=1S/C7H8N4.ClH/c8-4-6-5-2-1-3-9-7(5)11-10-6;/h1-3H,4,8H2,(H,9,10,11);1H. The molecule has 64 valence electrons. The molecule has 2 rings (SSSR count). The number of aromatic amines is 1. The van der Waals surface area contributed by atoms with E-state index in [2.05, 4.69) is 15.2 Å². The molecule has 0 atom stereocenters. The van der Waals surface area contributed by atoms with Gasteiger partial charge >= 0.3 is 0 Å². The Labute approximate surface area is 75.6 Å². The molecule has 2 aromatic rings. The molecule has 0 fully saturated rings. The quantitative estimate of drug-likeness (QED) is 0.690. The van der Waals surface area contributed by atoms with Gasteiger partial charge in [-0.1, -0.05) is 0 Å². The molecular weight excluding hydrogens is 176 g/mol. The molecule has 0 aliphatic rings. The summed E-state index contributed by atoms with van der Waals surface area (Å²) in [6, 6.07) is 3.82. The van der Waals surface area contributed by atoms with Gasteiger partial charge in [0.15, 0.2) is 5.65 Å². The maximum absolute atomic E-state index is 5.45. The number of fused-ring (bicyclic) bond motifs is 1. The summed E-state index contributed by atoms with van der Waals surface area (Å²) in [4.78, 5) is 4.08. The van der Waals surface area contributed by atoms with Crippen LogP contribution in [0.4, 0.5) is 0 Å². The molecule has 0 radical (unpaired) electrons. The summed E-state index contributed by atoms with van der Waals surface area (Å²) in [5.74, 6) is 0. The highest BCUT2D eigenvalue weighted by atomic mass is 35.5. The normalized spacial score (nSPS) is 9.75. The van der Waals surface area contributed by atoms with Crippen molar-refractivity contribution in [2.45, 2.75) is 6.54 Å². The molecule has 3 N–H and O–H groups in total. The topological polar surface area (TPSA) is 67.6 Å². The van der Waals surface area contributed by atoms with E-state index in [0.717, 1.165) is 16.7 Å². The van der Waals surface area contributed by atoms with Crippen LogP contribution in [0.1, 0.15) is 5.69 Å². The fourth-order valence-electron chi connectivity index (χ4n) is 1.06. The van der Waals surface area contributed by atoms with Crippen LogP contribution in [0.3, 0.4) is 0 Å². The summed E-state index contributed by atoms with van der Waals surface area (Å²) < 4.78 is 0. The number of rotatable bonds is 1. The van der Waals surface area contributed by atoms with Gasteiger partial charge in [0.2, 0.25) is 0 Å². The smallest absolute Gasteiger partial charge is 0.155 e. The van der Waals surface area contributed by atoms with Gasteiger partial charge in [-0.15, -0.1) is 12.4 Å². The molecule has 0 aliphatic heterocycles. The van der Waals surface area contributed by atoms with E-state index in [1.54, 1.807) is 6.20 Å². The van der Waals surface area contributed by atoms with Crippen LogP contribution in [0.25, 0.3) is 11.0 Å². The minimum Gasteiger partial charge on any atom is -0.325 e. The minimum atomic E-state index is 0. The SMILES string of the molecule is Cl.NCc1n[nH]c2ncccc12. The highest BCUT2D eigenvalue weighted by Gasteiger charge is 2.01. The average molecular weight is 185 g/mol. The highest BCUT2D eigenvalue weighted by Crippen LogP contribution is 2.10. The number of aromatic nitrogens is 3. The molecule has 4 nitrogen and oxygen atoms in total. The van der Waals surface area contributed by atoms with Gasteiger partial charge in [0.1, 0.15) is 0 Å². The summed E-state index contributed by atoms with van der Waals surface area (Å²) in [5, 5.41) is 7.81. The first kappa shape index (κ1) is 8.96. The van der Waals surface area contributed by atoms with Gasteiger partial charge in [-0.3, -0.25) is 5.10 Å². The summed E-state index contributed by atoms with van der Waals surface area (Å²) in [6.45, 7) is 0.450. The van der Waals surface area contributed by atoms with Gasteiger partial charge in [-0.05, 0) is 12.1 Å². The zero-order chi connectivity index (χ0) is 7.68. The van der Waals surface area contributed by atoms with E-state index in [1.807, 2.05) is 12.1 Å². The molecule has 0 bridgehead atoms. The number of H-pyrrole nitrogens is 1. The molecule has 2 heterocycles. The predicted octanol–water partition coefficient (Wildman–Crippen LogP) is 0.838. The van der Waals surface area contributed by atoms with Crippen LogP contribution in [-0.4, -0.2) is 15.2 Å². The Morgan fingerprint density at radius 3 is 3.08 bits per heavy atom. The summed E-state index contributed by atoms with van der Waals surface area (Å²) in [6.07, 6.45) is 1.72. The lowest BCUT2D eigenvalue weighted by molar-refractivity contribution is 0.956. The fraction of sp³-hybridized carbons (Fsp3) is 0.143. The van der Waals surface area contributed by atoms with Crippen molar-refractivity contribution in [3.8, 4) is 0 Å². The largest absolute Gasteiger partial charge is 0.325 e. The summed E-state index contributed by atoms with van der Waals surface area (Å²) in [5.41, 5.74) is 7.12. The fourth-order valence-corrected chi connectivity index (χ4v) is 1.06. The average Bonchev–Trinajstić information content (AvgIpc) is 2.47. The van der Waals surface area contributed by atoms with Gasteiger partial charge in [0.05, 0.1) is 5.69 Å². The Bertz CT molecular complexity index is 370. The van der Waals surface area contributed by atoms with E-state index < -0.39 is 0 Å². The van der Waals surface area contributed by atoms with E-state index in [0.29, 0.717) is 6.54 Å². The van der Waals surface area contributed by atoms with E-state index in [4.69, 9.17) is 5.73 Å². The van der Waals surface area contributed by atoms with Crippen LogP contribution < -0.4 is 5.73 Å².